The Balaban J connectivity index is 1.32. The number of aryl methyl sites for hydroxylation is 1. The van der Waals surface area contributed by atoms with Crippen LogP contribution < -0.4 is 10.1 Å². The molecule has 1 amide bonds. The number of nitrogens with one attached hydrogen (secondary N) is 1. The fraction of sp³-hybridized carbons (Fsp3) is 0.296. The number of nitrogens with zero attached hydrogens (tertiary/aromatic N) is 4. The SMILES string of the molecule is COc1cc(/C=C2\CCCN3C2=NOC[C@@H]3CNC(=O)c2cccc(F)c2)ccc1-n1cnc(C)c1. The Hall–Kier alpha value is -4.14. The van der Waals surface area contributed by atoms with Crippen LogP contribution in [0.4, 0.5) is 4.39 Å². The first-order valence-corrected chi connectivity index (χ1v) is 11.9. The van der Waals surface area contributed by atoms with E-state index in [-0.39, 0.29) is 11.9 Å². The van der Waals surface area contributed by atoms with Crippen molar-refractivity contribution in [1.82, 2.24) is 19.8 Å². The molecule has 9 heteroatoms. The van der Waals surface area contributed by atoms with Gasteiger partial charge in [0.15, 0.2) is 5.84 Å². The van der Waals surface area contributed by atoms with Gasteiger partial charge in [-0.2, -0.15) is 0 Å². The summed E-state index contributed by atoms with van der Waals surface area (Å²) in [4.78, 5) is 24.5. The second kappa shape index (κ2) is 10.2. The summed E-state index contributed by atoms with van der Waals surface area (Å²) in [5.41, 5.74) is 4.20. The van der Waals surface area contributed by atoms with Crippen molar-refractivity contribution in [3.8, 4) is 11.4 Å². The van der Waals surface area contributed by atoms with Crippen molar-refractivity contribution < 1.29 is 18.8 Å². The fourth-order valence-electron chi connectivity index (χ4n) is 4.58. The minimum atomic E-state index is -0.436. The van der Waals surface area contributed by atoms with E-state index in [2.05, 4.69) is 26.4 Å². The summed E-state index contributed by atoms with van der Waals surface area (Å²) in [6, 6.07) is 11.7. The average Bonchev–Trinajstić information content (AvgIpc) is 3.33. The molecule has 1 fully saturated rings. The van der Waals surface area contributed by atoms with Crippen molar-refractivity contribution in [2.24, 2.45) is 5.16 Å². The highest BCUT2D eigenvalue weighted by molar-refractivity contribution is 6.03. The third-order valence-corrected chi connectivity index (χ3v) is 6.38. The van der Waals surface area contributed by atoms with E-state index >= 15 is 0 Å². The van der Waals surface area contributed by atoms with E-state index in [4.69, 9.17) is 9.57 Å². The molecule has 0 aliphatic carbocycles. The number of hydrogen-bond acceptors (Lipinski definition) is 6. The number of methoxy groups -OCH3 is 1. The maximum Gasteiger partial charge on any atom is 0.251 e. The molecular formula is C27H28FN5O3. The van der Waals surface area contributed by atoms with Crippen molar-refractivity contribution in [2.75, 3.05) is 26.8 Å². The first-order valence-electron chi connectivity index (χ1n) is 11.9. The lowest BCUT2D eigenvalue weighted by Gasteiger charge is -2.40. The van der Waals surface area contributed by atoms with E-state index in [9.17, 15) is 9.18 Å². The molecule has 2 aliphatic rings. The van der Waals surface area contributed by atoms with Crippen LogP contribution in [0.2, 0.25) is 0 Å². The van der Waals surface area contributed by atoms with E-state index in [1.165, 1.54) is 18.2 Å². The van der Waals surface area contributed by atoms with Crippen molar-refractivity contribution in [1.29, 1.82) is 0 Å². The Kier molecular flexibility index (Phi) is 6.71. The number of rotatable bonds is 6. The van der Waals surface area contributed by atoms with Crippen LogP contribution in [-0.2, 0) is 4.84 Å². The number of fused-ring (bicyclic) bond motifs is 1. The van der Waals surface area contributed by atoms with Crippen LogP contribution in [0, 0.1) is 12.7 Å². The molecule has 0 radical (unpaired) electrons. The molecule has 0 saturated carbocycles. The van der Waals surface area contributed by atoms with E-state index < -0.39 is 5.82 Å². The largest absolute Gasteiger partial charge is 0.495 e. The lowest BCUT2D eigenvalue weighted by Crippen LogP contribution is -2.53. The predicted octanol–water partition coefficient (Wildman–Crippen LogP) is 3.95. The smallest absolute Gasteiger partial charge is 0.251 e. The minimum Gasteiger partial charge on any atom is -0.495 e. The standard InChI is InChI=1S/C27H28FN5O3/c1-18-15-32(17-30-18)24-9-8-19(12-25(24)35-2)11-20-6-4-10-33-23(16-36-31-26(20)33)14-29-27(34)21-5-3-7-22(28)13-21/h3,5,7-9,11-13,15,17,23H,4,6,10,14,16H2,1-2H3,(H,29,34)/b20-11+/t23-/m0/s1. The molecule has 0 bridgehead atoms. The highest BCUT2D eigenvalue weighted by atomic mass is 19.1. The number of benzene rings is 2. The zero-order valence-corrected chi connectivity index (χ0v) is 20.3. The molecule has 0 spiro atoms. The van der Waals surface area contributed by atoms with Gasteiger partial charge in [-0.05, 0) is 67.3 Å². The van der Waals surface area contributed by atoms with Crippen LogP contribution in [0.25, 0.3) is 11.8 Å². The van der Waals surface area contributed by atoms with Gasteiger partial charge in [0.25, 0.3) is 5.91 Å². The minimum absolute atomic E-state index is 0.0694. The summed E-state index contributed by atoms with van der Waals surface area (Å²) in [6.45, 7) is 3.51. The highest BCUT2D eigenvalue weighted by Gasteiger charge is 2.32. The number of halogens is 1. The van der Waals surface area contributed by atoms with E-state index in [1.54, 1.807) is 19.5 Å². The summed E-state index contributed by atoms with van der Waals surface area (Å²) in [7, 11) is 1.66. The molecule has 186 valence electrons. The summed E-state index contributed by atoms with van der Waals surface area (Å²) in [5, 5.41) is 7.26. The number of piperidine rings is 1. The van der Waals surface area contributed by atoms with Crippen molar-refractivity contribution >= 4 is 17.8 Å². The summed E-state index contributed by atoms with van der Waals surface area (Å²) in [5.74, 6) is 0.778. The molecule has 2 aliphatic heterocycles. The molecule has 0 unspecified atom stereocenters. The molecule has 3 aromatic rings. The van der Waals surface area contributed by atoms with E-state index in [0.29, 0.717) is 18.7 Å². The van der Waals surface area contributed by atoms with Crippen molar-refractivity contribution in [3.05, 3.63) is 83.2 Å². The number of amidine groups is 1. The first kappa shape index (κ1) is 23.6. The number of ether oxygens (including phenoxy) is 1. The van der Waals surface area contributed by atoms with Crippen molar-refractivity contribution in [2.45, 2.75) is 25.8 Å². The van der Waals surface area contributed by atoms with Crippen molar-refractivity contribution in [3.63, 3.8) is 0 Å². The second-order valence-electron chi connectivity index (χ2n) is 8.90. The monoisotopic (exact) mass is 489 g/mol. The number of oxime groups is 1. The molecule has 1 N–H and O–H groups in total. The molecule has 2 aromatic carbocycles. The number of amides is 1. The quantitative estimate of drug-likeness (QED) is 0.567. The molecule has 36 heavy (non-hydrogen) atoms. The van der Waals surface area contributed by atoms with E-state index in [1.807, 2.05) is 35.9 Å². The zero-order chi connectivity index (χ0) is 25.1. The molecule has 1 aromatic heterocycles. The summed E-state index contributed by atoms with van der Waals surface area (Å²) in [6.07, 6.45) is 7.66. The Bertz CT molecular complexity index is 1330. The van der Waals surface area contributed by atoms with E-state index in [0.717, 1.165) is 53.5 Å². The van der Waals surface area contributed by atoms with Gasteiger partial charge in [-0.3, -0.25) is 4.79 Å². The number of carbonyl (C=O) groups excluding carboxylic acids is 1. The molecule has 8 nitrogen and oxygen atoms in total. The molecule has 3 heterocycles. The summed E-state index contributed by atoms with van der Waals surface area (Å²) < 4.78 is 21.1. The van der Waals surface area contributed by atoms with Gasteiger partial charge < -0.3 is 24.4 Å². The van der Waals surface area contributed by atoms with Gasteiger partial charge >= 0.3 is 0 Å². The first-order chi connectivity index (χ1) is 17.5. The Morgan fingerprint density at radius 3 is 2.97 bits per heavy atom. The molecule has 5 rings (SSSR count). The van der Waals surface area contributed by atoms with Gasteiger partial charge in [0.2, 0.25) is 0 Å². The van der Waals surface area contributed by atoms with Crippen LogP contribution in [0.15, 0.2) is 65.7 Å². The molecule has 1 atom stereocenters. The van der Waals surface area contributed by atoms with Gasteiger partial charge in [-0.25, -0.2) is 9.37 Å². The highest BCUT2D eigenvalue weighted by Crippen LogP contribution is 2.29. The topological polar surface area (TPSA) is 81.0 Å². The van der Waals surface area contributed by atoms with Crippen LogP contribution in [-0.4, -0.2) is 59.0 Å². The van der Waals surface area contributed by atoms with Gasteiger partial charge in [-0.15, -0.1) is 0 Å². The normalized spacial score (nSPS) is 18.3. The zero-order valence-electron chi connectivity index (χ0n) is 20.3. The maximum absolute atomic E-state index is 13.5. The number of imidazole rings is 1. The Morgan fingerprint density at radius 2 is 2.19 bits per heavy atom. The van der Waals surface area contributed by atoms with Crippen LogP contribution in [0.1, 0.15) is 34.5 Å². The van der Waals surface area contributed by atoms with Crippen LogP contribution in [0.3, 0.4) is 0 Å². The lowest BCUT2D eigenvalue weighted by molar-refractivity contribution is 0.0562. The summed E-state index contributed by atoms with van der Waals surface area (Å²) >= 11 is 0. The lowest BCUT2D eigenvalue weighted by atomic mass is 9.98. The third-order valence-electron chi connectivity index (χ3n) is 6.38. The second-order valence-corrected chi connectivity index (χ2v) is 8.90. The number of hydrogen-bond donors (Lipinski definition) is 1. The molecule has 1 saturated heterocycles. The predicted molar refractivity (Wildman–Crippen MR) is 135 cm³/mol. The number of aromatic nitrogens is 2. The van der Waals surface area contributed by atoms with Gasteiger partial charge in [0, 0.05) is 24.8 Å². The van der Waals surface area contributed by atoms with Crippen LogP contribution >= 0.6 is 0 Å². The number of carbonyl (C=O) groups is 1. The third kappa shape index (κ3) is 4.95. The Morgan fingerprint density at radius 1 is 1.31 bits per heavy atom. The average molecular weight is 490 g/mol. The van der Waals surface area contributed by atoms with Crippen LogP contribution in [0.5, 0.6) is 5.75 Å². The van der Waals surface area contributed by atoms with Gasteiger partial charge in [-0.1, -0.05) is 17.3 Å². The Labute approximate surface area is 209 Å². The van der Waals surface area contributed by atoms with Gasteiger partial charge in [0.05, 0.1) is 30.9 Å². The van der Waals surface area contributed by atoms with Gasteiger partial charge in [0.1, 0.15) is 18.2 Å². The molecular weight excluding hydrogens is 461 g/mol. The maximum atomic E-state index is 13.5. The fourth-order valence-corrected chi connectivity index (χ4v) is 4.58.